The van der Waals surface area contributed by atoms with Gasteiger partial charge in [0, 0.05) is 12.6 Å². The minimum absolute atomic E-state index is 0.0124. The number of amides is 1. The van der Waals surface area contributed by atoms with E-state index >= 15 is 0 Å². The van der Waals surface area contributed by atoms with E-state index in [4.69, 9.17) is 9.84 Å². The number of aliphatic hydroxyl groups is 1. The van der Waals surface area contributed by atoms with Gasteiger partial charge in [0.15, 0.2) is 9.84 Å². The molecule has 0 saturated carbocycles. The molecule has 98 valence electrons. The van der Waals surface area contributed by atoms with E-state index < -0.39 is 9.84 Å². The summed E-state index contributed by atoms with van der Waals surface area (Å²) < 4.78 is 28.0. The van der Waals surface area contributed by atoms with Crippen LogP contribution in [-0.2, 0) is 19.4 Å². The number of hydrogen-bond acceptors (Lipinski definition) is 5. The fourth-order valence-electron chi connectivity index (χ4n) is 2.51. The van der Waals surface area contributed by atoms with Crippen LogP contribution in [-0.4, -0.2) is 67.7 Å². The molecule has 0 aromatic rings. The topological polar surface area (TPSA) is 83.9 Å². The quantitative estimate of drug-likeness (QED) is 0.690. The molecule has 0 spiro atoms. The molecule has 2 rings (SSSR count). The maximum absolute atomic E-state index is 11.8. The summed E-state index contributed by atoms with van der Waals surface area (Å²) in [5.74, 6) is 0.0197. The molecule has 2 fully saturated rings. The zero-order valence-electron chi connectivity index (χ0n) is 9.54. The van der Waals surface area contributed by atoms with Crippen molar-refractivity contribution in [2.24, 2.45) is 0 Å². The highest BCUT2D eigenvalue weighted by molar-refractivity contribution is 7.91. The fraction of sp³-hybridized carbons (Fsp3) is 0.900. The van der Waals surface area contributed by atoms with E-state index in [0.29, 0.717) is 19.4 Å². The first-order chi connectivity index (χ1) is 8.03. The van der Waals surface area contributed by atoms with Gasteiger partial charge < -0.3 is 14.7 Å². The third kappa shape index (κ3) is 2.78. The molecule has 1 amide bonds. The molecule has 2 atom stereocenters. The zero-order chi connectivity index (χ0) is 12.5. The van der Waals surface area contributed by atoms with Crippen molar-refractivity contribution in [3.05, 3.63) is 0 Å². The van der Waals surface area contributed by atoms with Crippen LogP contribution in [0.5, 0.6) is 0 Å². The standard InChI is InChI=1S/C10H17NO5S/c12-3-1-8-5-16-6-10(13)11(8)9-2-4-17(14,15)7-9/h8-9,12H,1-7H2. The molecule has 0 radical (unpaired) electrons. The molecule has 2 heterocycles. The largest absolute Gasteiger partial charge is 0.396 e. The summed E-state index contributed by atoms with van der Waals surface area (Å²) in [4.78, 5) is 13.4. The fourth-order valence-corrected chi connectivity index (χ4v) is 4.22. The molecule has 0 aromatic carbocycles. The Labute approximate surface area is 100 Å². The number of sulfone groups is 1. The Hall–Kier alpha value is -0.660. The Morgan fingerprint density at radius 2 is 2.24 bits per heavy atom. The van der Waals surface area contributed by atoms with Crippen molar-refractivity contribution >= 4 is 15.7 Å². The van der Waals surface area contributed by atoms with Gasteiger partial charge in [0.25, 0.3) is 0 Å². The first-order valence-corrected chi connectivity index (χ1v) is 7.56. The van der Waals surface area contributed by atoms with Gasteiger partial charge in [-0.25, -0.2) is 8.42 Å². The second-order valence-electron chi connectivity index (χ2n) is 4.54. The van der Waals surface area contributed by atoms with Gasteiger partial charge in [-0.15, -0.1) is 0 Å². The van der Waals surface area contributed by atoms with Crippen LogP contribution < -0.4 is 0 Å². The number of morpholine rings is 1. The first kappa shape index (κ1) is 12.8. The maximum atomic E-state index is 11.8. The second-order valence-corrected chi connectivity index (χ2v) is 6.77. The number of ether oxygens (including phenoxy) is 1. The van der Waals surface area contributed by atoms with Crippen LogP contribution in [0.2, 0.25) is 0 Å². The summed E-state index contributed by atoms with van der Waals surface area (Å²) >= 11 is 0. The maximum Gasteiger partial charge on any atom is 0.249 e. The number of rotatable bonds is 3. The Balaban J connectivity index is 2.12. The van der Waals surface area contributed by atoms with Crippen LogP contribution in [0.3, 0.4) is 0 Å². The summed E-state index contributed by atoms with van der Waals surface area (Å²) in [6, 6.07) is -0.438. The predicted octanol–water partition coefficient (Wildman–Crippen LogP) is -1.22. The normalized spacial score (nSPS) is 33.0. The smallest absolute Gasteiger partial charge is 0.249 e. The van der Waals surface area contributed by atoms with E-state index in [1.807, 2.05) is 0 Å². The summed E-state index contributed by atoms with van der Waals surface area (Å²) in [5.41, 5.74) is 0. The van der Waals surface area contributed by atoms with Crippen LogP contribution in [0.1, 0.15) is 12.8 Å². The number of carbonyl (C=O) groups excluding carboxylic acids is 1. The molecule has 2 aliphatic heterocycles. The van der Waals surface area contributed by atoms with Crippen molar-refractivity contribution in [2.75, 3.05) is 31.3 Å². The molecule has 2 unspecified atom stereocenters. The Morgan fingerprint density at radius 3 is 2.82 bits per heavy atom. The lowest BCUT2D eigenvalue weighted by atomic mass is 10.1. The number of carbonyl (C=O) groups is 1. The number of nitrogens with zero attached hydrogens (tertiary/aromatic N) is 1. The molecule has 6 nitrogen and oxygen atoms in total. The Kier molecular flexibility index (Phi) is 3.70. The van der Waals surface area contributed by atoms with Crippen molar-refractivity contribution < 1.29 is 23.1 Å². The first-order valence-electron chi connectivity index (χ1n) is 5.73. The van der Waals surface area contributed by atoms with Crippen molar-refractivity contribution in [3.63, 3.8) is 0 Å². The van der Waals surface area contributed by atoms with Gasteiger partial charge in [-0.2, -0.15) is 0 Å². The highest BCUT2D eigenvalue weighted by Gasteiger charge is 2.39. The SMILES string of the molecule is O=C1COCC(CCO)N1C1CCS(=O)(=O)C1. The Bertz CT molecular complexity index is 392. The summed E-state index contributed by atoms with van der Waals surface area (Å²) in [6.07, 6.45) is 0.929. The zero-order valence-corrected chi connectivity index (χ0v) is 10.4. The highest BCUT2D eigenvalue weighted by Crippen LogP contribution is 2.23. The third-order valence-electron chi connectivity index (χ3n) is 3.28. The predicted molar refractivity (Wildman–Crippen MR) is 60.2 cm³/mol. The van der Waals surface area contributed by atoms with Crippen LogP contribution in [0, 0.1) is 0 Å². The summed E-state index contributed by atoms with van der Waals surface area (Å²) in [6.45, 7) is 0.360. The van der Waals surface area contributed by atoms with E-state index in [2.05, 4.69) is 0 Å². The second kappa shape index (κ2) is 4.91. The van der Waals surface area contributed by atoms with Crippen molar-refractivity contribution in [1.29, 1.82) is 0 Å². The molecule has 7 heteroatoms. The lowest BCUT2D eigenvalue weighted by Gasteiger charge is -2.39. The monoisotopic (exact) mass is 263 g/mol. The molecule has 1 N–H and O–H groups in total. The van der Waals surface area contributed by atoms with Gasteiger partial charge >= 0.3 is 0 Å². The average Bonchev–Trinajstić information content (AvgIpc) is 2.59. The van der Waals surface area contributed by atoms with E-state index in [0.717, 1.165) is 0 Å². The molecule has 0 aromatic heterocycles. The summed E-state index contributed by atoms with van der Waals surface area (Å²) in [5, 5.41) is 8.96. The lowest BCUT2D eigenvalue weighted by molar-refractivity contribution is -0.151. The van der Waals surface area contributed by atoms with Gasteiger partial charge in [0.05, 0.1) is 24.2 Å². The minimum Gasteiger partial charge on any atom is -0.396 e. The van der Waals surface area contributed by atoms with Crippen LogP contribution in [0.4, 0.5) is 0 Å². The molecule has 17 heavy (non-hydrogen) atoms. The Morgan fingerprint density at radius 1 is 1.47 bits per heavy atom. The molecule has 0 aliphatic carbocycles. The molecule has 2 saturated heterocycles. The van der Waals surface area contributed by atoms with Crippen molar-refractivity contribution in [3.8, 4) is 0 Å². The van der Waals surface area contributed by atoms with E-state index in [-0.39, 0.29) is 42.7 Å². The molecular formula is C10H17NO5S. The summed E-state index contributed by atoms with van der Waals surface area (Å²) in [7, 11) is -3.00. The number of hydrogen-bond donors (Lipinski definition) is 1. The van der Waals surface area contributed by atoms with Gasteiger partial charge in [0.1, 0.15) is 6.61 Å². The van der Waals surface area contributed by atoms with Crippen molar-refractivity contribution in [2.45, 2.75) is 24.9 Å². The van der Waals surface area contributed by atoms with Crippen LogP contribution in [0.25, 0.3) is 0 Å². The highest BCUT2D eigenvalue weighted by atomic mass is 32.2. The van der Waals surface area contributed by atoms with Gasteiger partial charge in [-0.3, -0.25) is 4.79 Å². The van der Waals surface area contributed by atoms with E-state index in [1.165, 1.54) is 0 Å². The molecular weight excluding hydrogens is 246 g/mol. The van der Waals surface area contributed by atoms with Gasteiger partial charge in [-0.05, 0) is 12.8 Å². The molecule has 0 bridgehead atoms. The van der Waals surface area contributed by atoms with Gasteiger partial charge in [0.2, 0.25) is 5.91 Å². The average molecular weight is 263 g/mol. The molecule has 2 aliphatic rings. The van der Waals surface area contributed by atoms with E-state index in [9.17, 15) is 13.2 Å². The third-order valence-corrected chi connectivity index (χ3v) is 5.03. The van der Waals surface area contributed by atoms with E-state index in [1.54, 1.807) is 4.90 Å². The lowest BCUT2D eigenvalue weighted by Crippen LogP contribution is -2.54. The van der Waals surface area contributed by atoms with Crippen LogP contribution >= 0.6 is 0 Å². The van der Waals surface area contributed by atoms with Crippen LogP contribution in [0.15, 0.2) is 0 Å². The number of aliphatic hydroxyl groups excluding tert-OH is 1. The minimum atomic E-state index is -3.00. The van der Waals surface area contributed by atoms with Crippen molar-refractivity contribution in [1.82, 2.24) is 4.90 Å². The van der Waals surface area contributed by atoms with Gasteiger partial charge in [-0.1, -0.05) is 0 Å².